The SMILES string of the molecule is CC1OC(=O)C(NC(=O)OC(C)(C)C)COCC(OCOCc2ccccc2)C1Cc1ccccc1. The third kappa shape index (κ3) is 9.26. The molecule has 2 aromatic carbocycles. The van der Waals surface area contributed by atoms with E-state index in [1.165, 1.54) is 0 Å². The quantitative estimate of drug-likeness (QED) is 0.330. The van der Waals surface area contributed by atoms with Crippen LogP contribution in [0.5, 0.6) is 0 Å². The zero-order chi connectivity index (χ0) is 26.0. The highest BCUT2D eigenvalue weighted by Gasteiger charge is 2.36. The molecule has 2 aromatic rings. The molecule has 3 rings (SSSR count). The van der Waals surface area contributed by atoms with Crippen molar-refractivity contribution in [3.05, 3.63) is 71.8 Å². The lowest BCUT2D eigenvalue weighted by molar-refractivity contribution is -0.160. The van der Waals surface area contributed by atoms with Crippen molar-refractivity contribution in [1.29, 1.82) is 0 Å². The number of ether oxygens (including phenoxy) is 5. The van der Waals surface area contributed by atoms with Gasteiger partial charge >= 0.3 is 12.1 Å². The van der Waals surface area contributed by atoms with Crippen molar-refractivity contribution < 1.29 is 33.3 Å². The van der Waals surface area contributed by atoms with Gasteiger partial charge in [0, 0.05) is 5.92 Å². The number of rotatable bonds is 8. The Morgan fingerprint density at radius 3 is 2.28 bits per heavy atom. The molecular weight excluding hydrogens is 462 g/mol. The van der Waals surface area contributed by atoms with Crippen molar-refractivity contribution in [1.82, 2.24) is 5.32 Å². The molecule has 0 saturated carbocycles. The van der Waals surface area contributed by atoms with Gasteiger partial charge in [-0.2, -0.15) is 0 Å². The lowest BCUT2D eigenvalue weighted by atomic mass is 9.89. The predicted octanol–water partition coefficient (Wildman–Crippen LogP) is 4.26. The monoisotopic (exact) mass is 499 g/mol. The smallest absolute Gasteiger partial charge is 0.408 e. The van der Waals surface area contributed by atoms with Gasteiger partial charge in [0.05, 0.1) is 25.9 Å². The number of esters is 1. The van der Waals surface area contributed by atoms with Crippen LogP contribution in [0, 0.1) is 5.92 Å². The second-order valence-corrected chi connectivity index (χ2v) is 9.89. The molecule has 0 aromatic heterocycles. The lowest BCUT2D eigenvalue weighted by Crippen LogP contribution is -2.47. The van der Waals surface area contributed by atoms with Crippen molar-refractivity contribution in [2.24, 2.45) is 5.92 Å². The normalized spacial score (nSPS) is 23.1. The fraction of sp³-hybridized carbons (Fsp3) is 0.500. The highest BCUT2D eigenvalue weighted by atomic mass is 16.7. The van der Waals surface area contributed by atoms with Gasteiger partial charge in [0.2, 0.25) is 0 Å². The van der Waals surface area contributed by atoms with Crippen LogP contribution < -0.4 is 5.32 Å². The largest absolute Gasteiger partial charge is 0.461 e. The Hall–Kier alpha value is -2.94. The third-order valence-corrected chi connectivity index (χ3v) is 5.72. The van der Waals surface area contributed by atoms with Crippen molar-refractivity contribution in [3.63, 3.8) is 0 Å². The van der Waals surface area contributed by atoms with E-state index in [1.807, 2.05) is 67.6 Å². The van der Waals surface area contributed by atoms with Crippen LogP contribution in [-0.2, 0) is 41.5 Å². The van der Waals surface area contributed by atoms with E-state index >= 15 is 0 Å². The van der Waals surface area contributed by atoms with Crippen LogP contribution in [0.15, 0.2) is 60.7 Å². The summed E-state index contributed by atoms with van der Waals surface area (Å²) in [5, 5.41) is 2.56. The van der Waals surface area contributed by atoms with Crippen molar-refractivity contribution in [2.75, 3.05) is 20.0 Å². The van der Waals surface area contributed by atoms with Crippen LogP contribution in [0.25, 0.3) is 0 Å². The van der Waals surface area contributed by atoms with Crippen molar-refractivity contribution in [2.45, 2.75) is 64.6 Å². The first kappa shape index (κ1) is 27.6. The summed E-state index contributed by atoms with van der Waals surface area (Å²) >= 11 is 0. The zero-order valence-corrected chi connectivity index (χ0v) is 21.5. The summed E-state index contributed by atoms with van der Waals surface area (Å²) in [4.78, 5) is 25.2. The van der Waals surface area contributed by atoms with Crippen LogP contribution >= 0.6 is 0 Å². The van der Waals surface area contributed by atoms with Gasteiger partial charge in [0.25, 0.3) is 0 Å². The Morgan fingerprint density at radius 2 is 1.64 bits per heavy atom. The van der Waals surface area contributed by atoms with E-state index in [0.29, 0.717) is 13.0 Å². The summed E-state index contributed by atoms with van der Waals surface area (Å²) in [5.74, 6) is -0.774. The number of alkyl carbamates (subject to hydrolysis) is 1. The second-order valence-electron chi connectivity index (χ2n) is 9.89. The second kappa shape index (κ2) is 13.4. The van der Waals surface area contributed by atoms with Crippen LogP contribution in [0.4, 0.5) is 4.79 Å². The Bertz CT molecular complexity index is 945. The third-order valence-electron chi connectivity index (χ3n) is 5.72. The zero-order valence-electron chi connectivity index (χ0n) is 21.5. The summed E-state index contributed by atoms with van der Waals surface area (Å²) in [6.45, 7) is 7.72. The molecule has 0 spiro atoms. The molecule has 0 bridgehead atoms. The topological polar surface area (TPSA) is 92.3 Å². The van der Waals surface area contributed by atoms with E-state index in [1.54, 1.807) is 20.8 Å². The summed E-state index contributed by atoms with van der Waals surface area (Å²) < 4.78 is 28.8. The number of nitrogens with one attached hydrogen (secondary N) is 1. The van der Waals surface area contributed by atoms with E-state index in [4.69, 9.17) is 23.7 Å². The minimum atomic E-state index is -0.993. The van der Waals surface area contributed by atoms with Gasteiger partial charge in [-0.15, -0.1) is 0 Å². The molecule has 0 radical (unpaired) electrons. The fourth-order valence-electron chi connectivity index (χ4n) is 3.92. The Labute approximate surface area is 213 Å². The van der Waals surface area contributed by atoms with E-state index in [2.05, 4.69) is 5.32 Å². The molecular formula is C28H37NO7. The highest BCUT2D eigenvalue weighted by molar-refractivity contribution is 5.81. The predicted molar refractivity (Wildman–Crippen MR) is 134 cm³/mol. The maximum absolute atomic E-state index is 12.9. The molecule has 1 N–H and O–H groups in total. The summed E-state index contributed by atoms with van der Waals surface area (Å²) in [6.07, 6.45) is -0.986. The minimum Gasteiger partial charge on any atom is -0.461 e. The van der Waals surface area contributed by atoms with Gasteiger partial charge in [-0.25, -0.2) is 9.59 Å². The average molecular weight is 500 g/mol. The maximum Gasteiger partial charge on any atom is 0.408 e. The first-order chi connectivity index (χ1) is 17.2. The van der Waals surface area contributed by atoms with Crippen molar-refractivity contribution >= 4 is 12.1 Å². The summed E-state index contributed by atoms with van der Waals surface area (Å²) in [6, 6.07) is 18.8. The van der Waals surface area contributed by atoms with Crippen LogP contribution in [0.2, 0.25) is 0 Å². The number of benzene rings is 2. The van der Waals surface area contributed by atoms with E-state index in [9.17, 15) is 9.59 Å². The van der Waals surface area contributed by atoms with Crippen LogP contribution in [-0.4, -0.2) is 55.9 Å². The Balaban J connectivity index is 1.68. The molecule has 4 unspecified atom stereocenters. The van der Waals surface area contributed by atoms with Gasteiger partial charge in [-0.1, -0.05) is 60.7 Å². The van der Waals surface area contributed by atoms with Crippen LogP contribution in [0.1, 0.15) is 38.8 Å². The molecule has 36 heavy (non-hydrogen) atoms. The van der Waals surface area contributed by atoms with Gasteiger partial charge in [-0.3, -0.25) is 0 Å². The summed E-state index contributed by atoms with van der Waals surface area (Å²) in [5.41, 5.74) is 1.44. The first-order valence-corrected chi connectivity index (χ1v) is 12.3. The number of hydrogen-bond donors (Lipinski definition) is 1. The van der Waals surface area contributed by atoms with Crippen LogP contribution in [0.3, 0.4) is 0 Å². The number of cyclic esters (lactones) is 1. The Kier molecular flexibility index (Phi) is 10.3. The maximum atomic E-state index is 12.9. The fourth-order valence-corrected chi connectivity index (χ4v) is 3.92. The number of amides is 1. The molecule has 0 aliphatic carbocycles. The van der Waals surface area contributed by atoms with E-state index < -0.39 is 35.9 Å². The molecule has 8 nitrogen and oxygen atoms in total. The minimum absolute atomic E-state index is 0.0619. The molecule has 1 heterocycles. The van der Waals surface area contributed by atoms with Gasteiger partial charge in [0.1, 0.15) is 18.5 Å². The van der Waals surface area contributed by atoms with Gasteiger partial charge in [0.15, 0.2) is 6.04 Å². The van der Waals surface area contributed by atoms with Crippen molar-refractivity contribution in [3.8, 4) is 0 Å². The number of hydrogen-bond acceptors (Lipinski definition) is 7. The molecule has 8 heteroatoms. The van der Waals surface area contributed by atoms with E-state index in [-0.39, 0.29) is 25.9 Å². The molecule has 1 fully saturated rings. The molecule has 196 valence electrons. The molecule has 4 atom stereocenters. The molecule has 1 saturated heterocycles. The highest BCUT2D eigenvalue weighted by Crippen LogP contribution is 2.24. The lowest BCUT2D eigenvalue weighted by Gasteiger charge is -2.30. The van der Waals surface area contributed by atoms with E-state index in [0.717, 1.165) is 11.1 Å². The van der Waals surface area contributed by atoms with Gasteiger partial charge in [-0.05, 0) is 45.2 Å². The molecule has 1 aliphatic rings. The summed E-state index contributed by atoms with van der Waals surface area (Å²) in [7, 11) is 0. The molecule has 1 aliphatic heterocycles. The van der Waals surface area contributed by atoms with Gasteiger partial charge < -0.3 is 29.0 Å². The Morgan fingerprint density at radius 1 is 1.00 bits per heavy atom. The average Bonchev–Trinajstić information content (AvgIpc) is 2.87. The number of carbonyl (C=O) groups excluding carboxylic acids is 2. The standard InChI is InChI=1S/C28H37NO7/c1-20-23(15-21-11-7-5-8-12-21)25(34-19-33-16-22-13-9-6-10-14-22)18-32-17-24(26(30)35-20)29-27(31)36-28(2,3)4/h5-14,20,23-25H,15-19H2,1-4H3,(H,29,31). The number of carbonyl (C=O) groups is 2. The molecule has 1 amide bonds. The first-order valence-electron chi connectivity index (χ1n) is 12.3.